The Labute approximate surface area is 147 Å². The number of benzene rings is 1. The molecule has 1 aromatic carbocycles. The topological polar surface area (TPSA) is 66.3 Å². The third kappa shape index (κ3) is 3.49. The molecule has 2 aromatic heterocycles. The summed E-state index contributed by atoms with van der Waals surface area (Å²) < 4.78 is 39.7. The summed E-state index contributed by atoms with van der Waals surface area (Å²) in [6.45, 7) is 1.86. The third-order valence-corrected chi connectivity index (χ3v) is 4.23. The zero-order valence-electron chi connectivity index (χ0n) is 13.7. The quantitative estimate of drug-likeness (QED) is 0.666. The van der Waals surface area contributed by atoms with Gasteiger partial charge in [0.1, 0.15) is 0 Å². The molecule has 3 aromatic rings. The van der Waals surface area contributed by atoms with Crippen LogP contribution in [-0.4, -0.2) is 33.9 Å². The SMILES string of the molecule is FC(F)(F)c1ccc(Nc2nc3cccc(CC4NCCN4)n3n2)cc1. The van der Waals surface area contributed by atoms with Crippen molar-refractivity contribution in [2.45, 2.75) is 18.8 Å². The number of halogens is 3. The lowest BCUT2D eigenvalue weighted by Crippen LogP contribution is -2.33. The minimum atomic E-state index is -4.35. The lowest BCUT2D eigenvalue weighted by atomic mass is 10.2. The molecule has 1 saturated heterocycles. The summed E-state index contributed by atoms with van der Waals surface area (Å²) in [4.78, 5) is 4.39. The van der Waals surface area contributed by atoms with Crippen molar-refractivity contribution in [2.24, 2.45) is 0 Å². The van der Waals surface area contributed by atoms with Gasteiger partial charge in [0, 0.05) is 30.9 Å². The van der Waals surface area contributed by atoms with Crippen LogP contribution in [0.4, 0.5) is 24.8 Å². The highest BCUT2D eigenvalue weighted by molar-refractivity contribution is 5.56. The van der Waals surface area contributed by atoms with E-state index in [2.05, 4.69) is 26.0 Å². The van der Waals surface area contributed by atoms with Crippen LogP contribution in [0.1, 0.15) is 11.3 Å². The van der Waals surface area contributed by atoms with E-state index in [9.17, 15) is 13.2 Å². The second-order valence-electron chi connectivity index (χ2n) is 6.09. The van der Waals surface area contributed by atoms with Crippen LogP contribution < -0.4 is 16.0 Å². The first-order chi connectivity index (χ1) is 12.5. The summed E-state index contributed by atoms with van der Waals surface area (Å²) >= 11 is 0. The minimum Gasteiger partial charge on any atom is -0.323 e. The Balaban J connectivity index is 1.55. The molecule has 3 N–H and O–H groups in total. The summed E-state index contributed by atoms with van der Waals surface area (Å²) in [6, 6.07) is 10.5. The van der Waals surface area contributed by atoms with Crippen molar-refractivity contribution >= 4 is 17.3 Å². The Morgan fingerprint density at radius 2 is 1.81 bits per heavy atom. The van der Waals surface area contributed by atoms with Crippen LogP contribution in [-0.2, 0) is 12.6 Å². The lowest BCUT2D eigenvalue weighted by Gasteiger charge is -2.11. The Kier molecular flexibility index (Phi) is 4.25. The van der Waals surface area contributed by atoms with Crippen molar-refractivity contribution in [1.29, 1.82) is 0 Å². The van der Waals surface area contributed by atoms with Crippen molar-refractivity contribution in [3.05, 3.63) is 53.7 Å². The van der Waals surface area contributed by atoms with Gasteiger partial charge >= 0.3 is 6.18 Å². The molecular weight excluding hydrogens is 345 g/mol. The van der Waals surface area contributed by atoms with Crippen LogP contribution in [0, 0.1) is 0 Å². The Bertz CT molecular complexity index is 897. The molecule has 9 heteroatoms. The Morgan fingerprint density at radius 3 is 2.50 bits per heavy atom. The third-order valence-electron chi connectivity index (χ3n) is 4.23. The average Bonchev–Trinajstić information content (AvgIpc) is 3.24. The van der Waals surface area contributed by atoms with E-state index in [1.54, 1.807) is 4.52 Å². The van der Waals surface area contributed by atoms with Crippen LogP contribution in [0.3, 0.4) is 0 Å². The van der Waals surface area contributed by atoms with E-state index < -0.39 is 11.7 Å². The molecule has 0 aliphatic carbocycles. The molecule has 0 unspecified atom stereocenters. The first-order valence-corrected chi connectivity index (χ1v) is 8.25. The van der Waals surface area contributed by atoms with Gasteiger partial charge in [0.25, 0.3) is 0 Å². The molecule has 3 heterocycles. The first-order valence-electron chi connectivity index (χ1n) is 8.25. The van der Waals surface area contributed by atoms with E-state index in [0.717, 1.165) is 37.3 Å². The monoisotopic (exact) mass is 362 g/mol. The van der Waals surface area contributed by atoms with Gasteiger partial charge in [0.05, 0.1) is 11.7 Å². The number of anilines is 2. The molecule has 136 valence electrons. The van der Waals surface area contributed by atoms with Gasteiger partial charge < -0.3 is 16.0 Å². The number of aromatic nitrogens is 3. The number of hydrogen-bond donors (Lipinski definition) is 3. The van der Waals surface area contributed by atoms with Crippen molar-refractivity contribution in [1.82, 2.24) is 25.2 Å². The minimum absolute atomic E-state index is 0.191. The fourth-order valence-corrected chi connectivity index (χ4v) is 2.96. The van der Waals surface area contributed by atoms with E-state index >= 15 is 0 Å². The number of alkyl halides is 3. The van der Waals surface area contributed by atoms with Gasteiger partial charge in [-0.2, -0.15) is 18.2 Å². The van der Waals surface area contributed by atoms with Gasteiger partial charge in [-0.15, -0.1) is 5.10 Å². The van der Waals surface area contributed by atoms with Gasteiger partial charge in [0.15, 0.2) is 5.65 Å². The van der Waals surface area contributed by atoms with Crippen LogP contribution >= 0.6 is 0 Å². The van der Waals surface area contributed by atoms with Crippen molar-refractivity contribution < 1.29 is 13.2 Å². The normalized spacial score (nSPS) is 15.7. The predicted molar refractivity (Wildman–Crippen MR) is 91.2 cm³/mol. The van der Waals surface area contributed by atoms with Gasteiger partial charge in [0.2, 0.25) is 5.95 Å². The van der Waals surface area contributed by atoms with Gasteiger partial charge in [-0.05, 0) is 36.4 Å². The molecular formula is C17H17F3N6. The fourth-order valence-electron chi connectivity index (χ4n) is 2.96. The smallest absolute Gasteiger partial charge is 0.323 e. The number of nitrogens with one attached hydrogen (secondary N) is 3. The molecule has 0 bridgehead atoms. The Morgan fingerprint density at radius 1 is 1.08 bits per heavy atom. The molecule has 0 saturated carbocycles. The van der Waals surface area contributed by atoms with Gasteiger partial charge in [-0.1, -0.05) is 6.07 Å². The Hall–Kier alpha value is -2.65. The van der Waals surface area contributed by atoms with Crippen LogP contribution in [0.25, 0.3) is 5.65 Å². The summed E-state index contributed by atoms with van der Waals surface area (Å²) in [5, 5.41) is 14.1. The number of hydrogen-bond acceptors (Lipinski definition) is 5. The molecule has 0 atom stereocenters. The highest BCUT2D eigenvalue weighted by Crippen LogP contribution is 2.30. The zero-order chi connectivity index (χ0) is 18.1. The summed E-state index contributed by atoms with van der Waals surface area (Å²) in [5.74, 6) is 0.338. The van der Waals surface area contributed by atoms with Crippen LogP contribution in [0.5, 0.6) is 0 Å². The number of nitrogens with zero attached hydrogens (tertiary/aromatic N) is 3. The highest BCUT2D eigenvalue weighted by atomic mass is 19.4. The number of pyridine rings is 1. The standard InChI is InChI=1S/C17H17F3N6/c18-17(19,20)11-4-6-12(7-5-11)23-16-24-15-3-1-2-13(26(15)25-16)10-14-21-8-9-22-14/h1-7,14,21-22H,8-10H2,(H,23,25). The maximum absolute atomic E-state index is 12.6. The van der Waals surface area contributed by atoms with Gasteiger partial charge in [-0.3, -0.25) is 0 Å². The van der Waals surface area contributed by atoms with Crippen molar-refractivity contribution in [2.75, 3.05) is 18.4 Å². The van der Waals surface area contributed by atoms with Crippen molar-refractivity contribution in [3.8, 4) is 0 Å². The highest BCUT2D eigenvalue weighted by Gasteiger charge is 2.30. The van der Waals surface area contributed by atoms with E-state index in [1.807, 2.05) is 18.2 Å². The number of rotatable bonds is 4. The summed E-state index contributed by atoms with van der Waals surface area (Å²) in [5.41, 5.74) is 1.47. The second-order valence-corrected chi connectivity index (χ2v) is 6.09. The van der Waals surface area contributed by atoms with Crippen LogP contribution in [0.2, 0.25) is 0 Å². The van der Waals surface area contributed by atoms with E-state index in [1.165, 1.54) is 12.1 Å². The largest absolute Gasteiger partial charge is 0.416 e. The van der Waals surface area contributed by atoms with Crippen LogP contribution in [0.15, 0.2) is 42.5 Å². The molecule has 1 aliphatic heterocycles. The maximum atomic E-state index is 12.6. The molecule has 4 rings (SSSR count). The first kappa shape index (κ1) is 16.8. The van der Waals surface area contributed by atoms with E-state index in [4.69, 9.17) is 0 Å². The molecule has 1 aliphatic rings. The molecule has 0 radical (unpaired) electrons. The zero-order valence-corrected chi connectivity index (χ0v) is 13.7. The molecule has 6 nitrogen and oxygen atoms in total. The molecule has 0 amide bonds. The predicted octanol–water partition coefficient (Wildman–Crippen LogP) is 2.55. The fraction of sp³-hybridized carbons (Fsp3) is 0.294. The van der Waals surface area contributed by atoms with Crippen molar-refractivity contribution in [3.63, 3.8) is 0 Å². The van der Waals surface area contributed by atoms with E-state index in [-0.39, 0.29) is 6.17 Å². The van der Waals surface area contributed by atoms with E-state index in [0.29, 0.717) is 17.3 Å². The average molecular weight is 362 g/mol. The maximum Gasteiger partial charge on any atom is 0.416 e. The summed E-state index contributed by atoms with van der Waals surface area (Å²) in [6.07, 6.45) is -3.41. The molecule has 0 spiro atoms. The number of fused-ring (bicyclic) bond motifs is 1. The second kappa shape index (κ2) is 6.58. The summed E-state index contributed by atoms with van der Waals surface area (Å²) in [7, 11) is 0. The molecule has 1 fully saturated rings. The van der Waals surface area contributed by atoms with Gasteiger partial charge in [-0.25, -0.2) is 4.52 Å². The molecule has 26 heavy (non-hydrogen) atoms. The lowest BCUT2D eigenvalue weighted by molar-refractivity contribution is -0.137.